The first-order chi connectivity index (χ1) is 6.14. The molecule has 4 unspecified atom stereocenters. The second-order valence-electron chi connectivity index (χ2n) is 4.86. The number of nitrogens with two attached hydrogens (primary N) is 1. The Bertz CT molecular complexity index is 183. The number of hydrogen-bond acceptors (Lipinski definition) is 3. The molecule has 0 radical (unpaired) electrons. The van der Waals surface area contributed by atoms with E-state index in [1.807, 2.05) is 0 Å². The number of nitrogens with one attached hydrogen (secondary N) is 1. The van der Waals surface area contributed by atoms with E-state index in [0.717, 1.165) is 19.4 Å². The first-order valence-electron chi connectivity index (χ1n) is 5.30. The van der Waals surface area contributed by atoms with Crippen molar-refractivity contribution in [3.05, 3.63) is 0 Å². The van der Waals surface area contributed by atoms with Crippen LogP contribution in [0.15, 0.2) is 0 Å². The zero-order chi connectivity index (χ0) is 9.47. The molecule has 0 aromatic rings. The molecule has 1 aliphatic carbocycles. The van der Waals surface area contributed by atoms with E-state index in [1.165, 1.54) is 6.42 Å². The SMILES string of the molecule is CC(CN)C1(O)CC2CNC(C2)C1. The molecule has 2 fully saturated rings. The zero-order valence-electron chi connectivity index (χ0n) is 8.29. The highest BCUT2D eigenvalue weighted by Crippen LogP contribution is 2.40. The van der Waals surface area contributed by atoms with Crippen LogP contribution in [0.25, 0.3) is 0 Å². The van der Waals surface area contributed by atoms with Gasteiger partial charge in [-0.05, 0) is 44.2 Å². The Kier molecular flexibility index (Phi) is 2.34. The average Bonchev–Trinajstić information content (AvgIpc) is 2.44. The van der Waals surface area contributed by atoms with Crippen LogP contribution in [0.5, 0.6) is 0 Å². The van der Waals surface area contributed by atoms with Crippen LogP contribution in [0.1, 0.15) is 26.2 Å². The lowest BCUT2D eigenvalue weighted by Crippen LogP contribution is -2.47. The maximum absolute atomic E-state index is 10.4. The van der Waals surface area contributed by atoms with Crippen LogP contribution in [0.4, 0.5) is 0 Å². The van der Waals surface area contributed by atoms with Gasteiger partial charge >= 0.3 is 0 Å². The van der Waals surface area contributed by atoms with Crippen LogP contribution in [-0.2, 0) is 0 Å². The topological polar surface area (TPSA) is 58.3 Å². The lowest BCUT2D eigenvalue weighted by molar-refractivity contribution is -0.0513. The van der Waals surface area contributed by atoms with Crippen LogP contribution >= 0.6 is 0 Å². The van der Waals surface area contributed by atoms with Gasteiger partial charge in [0.05, 0.1) is 5.60 Å². The molecule has 2 rings (SSSR count). The van der Waals surface area contributed by atoms with Gasteiger partial charge in [-0.2, -0.15) is 0 Å². The molecule has 4 atom stereocenters. The Morgan fingerprint density at radius 1 is 1.62 bits per heavy atom. The van der Waals surface area contributed by atoms with E-state index in [-0.39, 0.29) is 5.92 Å². The van der Waals surface area contributed by atoms with Crippen molar-refractivity contribution in [3.63, 3.8) is 0 Å². The third kappa shape index (κ3) is 1.60. The van der Waals surface area contributed by atoms with Crippen LogP contribution in [0.2, 0.25) is 0 Å². The van der Waals surface area contributed by atoms with Crippen molar-refractivity contribution in [2.75, 3.05) is 13.1 Å². The lowest BCUT2D eigenvalue weighted by Gasteiger charge is -2.39. The molecule has 1 saturated heterocycles. The van der Waals surface area contributed by atoms with Gasteiger partial charge in [0, 0.05) is 6.04 Å². The highest BCUT2D eigenvalue weighted by molar-refractivity contribution is 5.00. The van der Waals surface area contributed by atoms with Gasteiger partial charge < -0.3 is 16.2 Å². The zero-order valence-corrected chi connectivity index (χ0v) is 8.29. The van der Waals surface area contributed by atoms with Gasteiger partial charge in [-0.3, -0.25) is 0 Å². The van der Waals surface area contributed by atoms with Gasteiger partial charge in [-0.1, -0.05) is 6.92 Å². The number of rotatable bonds is 2. The van der Waals surface area contributed by atoms with Crippen LogP contribution in [0.3, 0.4) is 0 Å². The molecule has 0 amide bonds. The van der Waals surface area contributed by atoms with Gasteiger partial charge in [-0.15, -0.1) is 0 Å². The van der Waals surface area contributed by atoms with E-state index in [4.69, 9.17) is 5.73 Å². The number of fused-ring (bicyclic) bond motifs is 2. The van der Waals surface area contributed by atoms with Crippen LogP contribution in [-0.4, -0.2) is 29.8 Å². The highest BCUT2D eigenvalue weighted by Gasteiger charge is 2.45. The molecule has 2 aliphatic rings. The van der Waals surface area contributed by atoms with E-state index in [2.05, 4.69) is 12.2 Å². The summed E-state index contributed by atoms with van der Waals surface area (Å²) in [5.41, 5.74) is 5.12. The van der Waals surface area contributed by atoms with E-state index in [9.17, 15) is 5.11 Å². The summed E-state index contributed by atoms with van der Waals surface area (Å²) in [5.74, 6) is 0.912. The molecule has 3 heteroatoms. The number of hydrogen-bond donors (Lipinski definition) is 3. The second kappa shape index (κ2) is 3.23. The molecule has 4 N–H and O–H groups in total. The van der Waals surface area contributed by atoms with Crippen molar-refractivity contribution in [2.45, 2.75) is 37.8 Å². The Morgan fingerprint density at radius 2 is 2.38 bits per heavy atom. The first-order valence-corrected chi connectivity index (χ1v) is 5.30. The molecule has 13 heavy (non-hydrogen) atoms. The molecule has 1 aliphatic heterocycles. The fourth-order valence-electron chi connectivity index (χ4n) is 2.85. The summed E-state index contributed by atoms with van der Waals surface area (Å²) >= 11 is 0. The van der Waals surface area contributed by atoms with Gasteiger partial charge in [0.25, 0.3) is 0 Å². The Balaban J connectivity index is 2.07. The molecule has 1 saturated carbocycles. The van der Waals surface area contributed by atoms with Crippen molar-refractivity contribution in [3.8, 4) is 0 Å². The maximum Gasteiger partial charge on any atom is 0.0703 e. The highest BCUT2D eigenvalue weighted by atomic mass is 16.3. The van der Waals surface area contributed by atoms with Crippen LogP contribution in [0, 0.1) is 11.8 Å². The minimum atomic E-state index is -0.494. The summed E-state index contributed by atoms with van der Waals surface area (Å²) in [6, 6.07) is 0.540. The summed E-state index contributed by atoms with van der Waals surface area (Å²) < 4.78 is 0. The third-order valence-corrected chi connectivity index (χ3v) is 3.83. The first kappa shape index (κ1) is 9.44. The fourth-order valence-corrected chi connectivity index (χ4v) is 2.85. The molecule has 0 aromatic heterocycles. The van der Waals surface area contributed by atoms with Crippen molar-refractivity contribution in [1.82, 2.24) is 5.32 Å². The van der Waals surface area contributed by atoms with E-state index < -0.39 is 5.60 Å². The predicted octanol–water partition coefficient (Wildman–Crippen LogP) is 0.0842. The molecule has 0 aromatic carbocycles. The fraction of sp³-hybridized carbons (Fsp3) is 1.00. The van der Waals surface area contributed by atoms with Crippen molar-refractivity contribution in [2.24, 2.45) is 17.6 Å². The molecular weight excluding hydrogens is 164 g/mol. The summed E-state index contributed by atoms with van der Waals surface area (Å²) in [7, 11) is 0. The van der Waals surface area contributed by atoms with Gasteiger partial charge in [0.2, 0.25) is 0 Å². The van der Waals surface area contributed by atoms with E-state index >= 15 is 0 Å². The quantitative estimate of drug-likeness (QED) is 0.570. The third-order valence-electron chi connectivity index (χ3n) is 3.83. The largest absolute Gasteiger partial charge is 0.389 e. The summed E-state index contributed by atoms with van der Waals surface area (Å²) in [6.45, 7) is 3.74. The molecule has 76 valence electrons. The van der Waals surface area contributed by atoms with Gasteiger partial charge in [0.1, 0.15) is 0 Å². The Labute approximate surface area is 79.7 Å². The monoisotopic (exact) mass is 184 g/mol. The molecular formula is C10H20N2O. The predicted molar refractivity (Wildman–Crippen MR) is 52.3 cm³/mol. The molecule has 2 bridgehead atoms. The number of aliphatic hydroxyl groups is 1. The summed E-state index contributed by atoms with van der Waals surface area (Å²) in [4.78, 5) is 0. The molecule has 1 heterocycles. The lowest BCUT2D eigenvalue weighted by atomic mass is 9.72. The molecule has 3 nitrogen and oxygen atoms in total. The minimum absolute atomic E-state index is 0.234. The van der Waals surface area contributed by atoms with Crippen molar-refractivity contribution < 1.29 is 5.11 Å². The standard InChI is InChI=1S/C10H20N2O/c1-7(5-11)10(13)3-8-2-9(4-10)12-6-8/h7-9,12-13H,2-6,11H2,1H3. The van der Waals surface area contributed by atoms with E-state index in [0.29, 0.717) is 18.5 Å². The maximum atomic E-state index is 10.4. The average molecular weight is 184 g/mol. The van der Waals surface area contributed by atoms with Gasteiger partial charge in [-0.25, -0.2) is 0 Å². The summed E-state index contributed by atoms with van der Waals surface area (Å²) in [5, 5.41) is 13.9. The van der Waals surface area contributed by atoms with Gasteiger partial charge in [0.15, 0.2) is 0 Å². The van der Waals surface area contributed by atoms with E-state index in [1.54, 1.807) is 0 Å². The molecule has 0 spiro atoms. The smallest absolute Gasteiger partial charge is 0.0703 e. The normalized spacial score (nSPS) is 46.4. The Morgan fingerprint density at radius 3 is 3.00 bits per heavy atom. The Hall–Kier alpha value is -0.120. The van der Waals surface area contributed by atoms with Crippen LogP contribution < -0.4 is 11.1 Å². The van der Waals surface area contributed by atoms with Crippen molar-refractivity contribution >= 4 is 0 Å². The summed E-state index contributed by atoms with van der Waals surface area (Å²) in [6.07, 6.45) is 3.08. The van der Waals surface area contributed by atoms with Crippen molar-refractivity contribution in [1.29, 1.82) is 0 Å². The minimum Gasteiger partial charge on any atom is -0.389 e. The second-order valence-corrected chi connectivity index (χ2v) is 4.86.